The first-order chi connectivity index (χ1) is 7.81. The Morgan fingerprint density at radius 1 is 1.25 bits per heavy atom. The molecule has 5 heteroatoms. The Labute approximate surface area is 99.2 Å². The van der Waals surface area contributed by atoms with Crippen LogP contribution < -0.4 is 19.9 Å². The van der Waals surface area contributed by atoms with Gasteiger partial charge >= 0.3 is 0 Å². The monoisotopic (exact) mass is 243 g/mol. The molecule has 1 heterocycles. The van der Waals surface area contributed by atoms with Gasteiger partial charge in [-0.2, -0.15) is 0 Å². The highest BCUT2D eigenvalue weighted by Gasteiger charge is 2.14. The van der Waals surface area contributed by atoms with Crippen LogP contribution >= 0.6 is 11.6 Å². The maximum Gasteiger partial charge on any atom is 0.164 e. The number of nitrogens with two attached hydrogens (primary N) is 1. The van der Waals surface area contributed by atoms with E-state index in [1.807, 2.05) is 0 Å². The largest absolute Gasteiger partial charge is 0.491 e. The van der Waals surface area contributed by atoms with Gasteiger partial charge in [-0.25, -0.2) is 0 Å². The van der Waals surface area contributed by atoms with Crippen LogP contribution in [0.25, 0.3) is 0 Å². The SMILES string of the molecule is NCCOc1cc2c(cc1Cl)OCCCO2. The summed E-state index contributed by atoms with van der Waals surface area (Å²) in [6.45, 7) is 2.17. The number of ether oxygens (including phenoxy) is 3. The molecule has 1 aliphatic rings. The standard InChI is InChI=1S/C11H14ClNO3/c12-8-6-10-11(15-4-1-3-14-10)7-9(8)16-5-2-13/h6-7H,1-5,13H2. The molecule has 0 saturated heterocycles. The van der Waals surface area contributed by atoms with Crippen molar-refractivity contribution >= 4 is 11.6 Å². The van der Waals surface area contributed by atoms with Gasteiger partial charge in [-0.15, -0.1) is 0 Å². The molecule has 88 valence electrons. The van der Waals surface area contributed by atoms with E-state index in [1.165, 1.54) is 0 Å². The van der Waals surface area contributed by atoms with Crippen LogP contribution in [0.5, 0.6) is 17.2 Å². The number of benzene rings is 1. The van der Waals surface area contributed by atoms with Gasteiger partial charge in [0.15, 0.2) is 11.5 Å². The van der Waals surface area contributed by atoms with Gasteiger partial charge in [0.1, 0.15) is 12.4 Å². The van der Waals surface area contributed by atoms with Crippen LogP contribution in [0.15, 0.2) is 12.1 Å². The Kier molecular flexibility index (Phi) is 3.74. The van der Waals surface area contributed by atoms with Gasteiger partial charge in [0, 0.05) is 25.1 Å². The molecule has 0 radical (unpaired) electrons. The highest BCUT2D eigenvalue weighted by atomic mass is 35.5. The molecule has 0 saturated carbocycles. The molecular weight excluding hydrogens is 230 g/mol. The fourth-order valence-electron chi connectivity index (χ4n) is 1.44. The Bertz CT molecular complexity index is 370. The molecule has 0 atom stereocenters. The minimum Gasteiger partial charge on any atom is -0.491 e. The highest BCUT2D eigenvalue weighted by molar-refractivity contribution is 6.32. The molecule has 0 bridgehead atoms. The van der Waals surface area contributed by atoms with Gasteiger partial charge < -0.3 is 19.9 Å². The zero-order chi connectivity index (χ0) is 11.4. The topological polar surface area (TPSA) is 53.7 Å². The van der Waals surface area contributed by atoms with Gasteiger partial charge in [-0.1, -0.05) is 11.6 Å². The normalized spacial score (nSPS) is 14.4. The first-order valence-corrected chi connectivity index (χ1v) is 5.61. The molecule has 1 aromatic rings. The number of hydrogen-bond donors (Lipinski definition) is 1. The van der Waals surface area contributed by atoms with Crippen molar-refractivity contribution in [2.45, 2.75) is 6.42 Å². The summed E-state index contributed by atoms with van der Waals surface area (Å²) in [4.78, 5) is 0. The Hall–Kier alpha value is -1.13. The van der Waals surface area contributed by atoms with Crippen LogP contribution in [-0.2, 0) is 0 Å². The summed E-state index contributed by atoms with van der Waals surface area (Å²) in [6, 6.07) is 3.46. The van der Waals surface area contributed by atoms with E-state index in [4.69, 9.17) is 31.5 Å². The van der Waals surface area contributed by atoms with Crippen molar-refractivity contribution in [1.29, 1.82) is 0 Å². The zero-order valence-corrected chi connectivity index (χ0v) is 9.63. The Morgan fingerprint density at radius 2 is 1.94 bits per heavy atom. The number of hydrogen-bond acceptors (Lipinski definition) is 4. The first kappa shape index (κ1) is 11.4. The van der Waals surface area contributed by atoms with Crippen molar-refractivity contribution in [2.75, 3.05) is 26.4 Å². The minimum absolute atomic E-state index is 0.430. The third-order valence-corrected chi connectivity index (χ3v) is 2.47. The molecule has 0 amide bonds. The maximum atomic E-state index is 6.05. The van der Waals surface area contributed by atoms with E-state index < -0.39 is 0 Å². The predicted molar refractivity (Wildman–Crippen MR) is 61.6 cm³/mol. The van der Waals surface area contributed by atoms with Crippen LogP contribution in [0.4, 0.5) is 0 Å². The van der Waals surface area contributed by atoms with Gasteiger partial charge in [0.25, 0.3) is 0 Å². The van der Waals surface area contributed by atoms with Crippen molar-refractivity contribution in [1.82, 2.24) is 0 Å². The van der Waals surface area contributed by atoms with E-state index in [0.29, 0.717) is 48.6 Å². The lowest BCUT2D eigenvalue weighted by Gasteiger charge is -2.12. The summed E-state index contributed by atoms with van der Waals surface area (Å²) in [6.07, 6.45) is 0.866. The molecule has 16 heavy (non-hydrogen) atoms. The smallest absolute Gasteiger partial charge is 0.164 e. The van der Waals surface area contributed by atoms with E-state index in [0.717, 1.165) is 6.42 Å². The molecule has 0 aliphatic carbocycles. The van der Waals surface area contributed by atoms with Crippen LogP contribution in [-0.4, -0.2) is 26.4 Å². The maximum absolute atomic E-state index is 6.05. The molecule has 0 spiro atoms. The quantitative estimate of drug-likeness (QED) is 0.880. The molecule has 4 nitrogen and oxygen atoms in total. The number of fused-ring (bicyclic) bond motifs is 1. The molecule has 0 aromatic heterocycles. The third-order valence-electron chi connectivity index (χ3n) is 2.18. The summed E-state index contributed by atoms with van der Waals surface area (Å²) in [7, 11) is 0. The summed E-state index contributed by atoms with van der Waals surface area (Å²) >= 11 is 6.05. The lowest BCUT2D eigenvalue weighted by atomic mass is 10.3. The average Bonchev–Trinajstić information content (AvgIpc) is 2.50. The lowest BCUT2D eigenvalue weighted by Crippen LogP contribution is -2.10. The number of rotatable bonds is 3. The van der Waals surface area contributed by atoms with Gasteiger partial charge in [-0.3, -0.25) is 0 Å². The zero-order valence-electron chi connectivity index (χ0n) is 8.87. The van der Waals surface area contributed by atoms with Crippen molar-refractivity contribution < 1.29 is 14.2 Å². The second kappa shape index (κ2) is 5.27. The van der Waals surface area contributed by atoms with Crippen molar-refractivity contribution in [2.24, 2.45) is 5.73 Å². The van der Waals surface area contributed by atoms with Gasteiger partial charge in [0.05, 0.1) is 18.2 Å². The summed E-state index contributed by atoms with van der Waals surface area (Å²) in [5, 5.41) is 0.512. The third kappa shape index (κ3) is 2.51. The van der Waals surface area contributed by atoms with Gasteiger partial charge in [0.2, 0.25) is 0 Å². The fraction of sp³-hybridized carbons (Fsp3) is 0.455. The molecule has 2 N–H and O–H groups in total. The highest BCUT2D eigenvalue weighted by Crippen LogP contribution is 2.38. The van der Waals surface area contributed by atoms with E-state index in [1.54, 1.807) is 12.1 Å². The second-order valence-electron chi connectivity index (χ2n) is 3.42. The van der Waals surface area contributed by atoms with Crippen LogP contribution in [0.1, 0.15) is 6.42 Å². The lowest BCUT2D eigenvalue weighted by molar-refractivity contribution is 0.296. The van der Waals surface area contributed by atoms with Crippen molar-refractivity contribution in [3.05, 3.63) is 17.2 Å². The van der Waals surface area contributed by atoms with E-state index in [9.17, 15) is 0 Å². The van der Waals surface area contributed by atoms with Gasteiger partial charge in [-0.05, 0) is 0 Å². The van der Waals surface area contributed by atoms with Crippen LogP contribution in [0.2, 0.25) is 5.02 Å². The first-order valence-electron chi connectivity index (χ1n) is 5.23. The minimum atomic E-state index is 0.430. The van der Waals surface area contributed by atoms with Crippen LogP contribution in [0, 0.1) is 0 Å². The van der Waals surface area contributed by atoms with E-state index in [2.05, 4.69) is 0 Å². The van der Waals surface area contributed by atoms with E-state index in [-0.39, 0.29) is 0 Å². The molecule has 1 aromatic carbocycles. The Morgan fingerprint density at radius 3 is 2.62 bits per heavy atom. The van der Waals surface area contributed by atoms with Crippen LogP contribution in [0.3, 0.4) is 0 Å². The molecule has 1 aliphatic heterocycles. The molecule has 0 fully saturated rings. The summed E-state index contributed by atoms with van der Waals surface area (Å²) < 4.78 is 16.4. The Balaban J connectivity index is 2.24. The summed E-state index contributed by atoms with van der Waals surface area (Å²) in [5.74, 6) is 1.92. The molecule has 0 unspecified atom stereocenters. The van der Waals surface area contributed by atoms with Crippen molar-refractivity contribution in [3.8, 4) is 17.2 Å². The molecule has 2 rings (SSSR count). The number of halogens is 1. The average molecular weight is 244 g/mol. The van der Waals surface area contributed by atoms with Crippen molar-refractivity contribution in [3.63, 3.8) is 0 Å². The second-order valence-corrected chi connectivity index (χ2v) is 3.82. The fourth-order valence-corrected chi connectivity index (χ4v) is 1.65. The molecular formula is C11H14ClNO3. The van der Waals surface area contributed by atoms with E-state index >= 15 is 0 Å². The summed E-state index contributed by atoms with van der Waals surface area (Å²) in [5.41, 5.74) is 5.37. The predicted octanol–water partition coefficient (Wildman–Crippen LogP) is 1.84.